The number of allylic oxidation sites excluding steroid dienone is 2. The number of hydrogen-bond acceptors (Lipinski definition) is 3. The van der Waals surface area contributed by atoms with E-state index in [1.165, 1.54) is 12.8 Å². The lowest BCUT2D eigenvalue weighted by Crippen LogP contribution is -2.43. The van der Waals surface area contributed by atoms with Crippen LogP contribution in [0.25, 0.3) is 0 Å². The molecule has 2 aliphatic rings. The molecule has 3 nitrogen and oxygen atoms in total. The Morgan fingerprint density at radius 3 is 2.94 bits per heavy atom. The van der Waals surface area contributed by atoms with Crippen LogP contribution in [-0.2, 0) is 4.74 Å². The number of rotatable bonds is 5. The van der Waals surface area contributed by atoms with Crippen LogP contribution in [0.15, 0.2) is 12.2 Å². The average molecular weight is 225 g/mol. The van der Waals surface area contributed by atoms with Crippen LogP contribution in [0, 0.1) is 5.92 Å². The highest BCUT2D eigenvalue weighted by Gasteiger charge is 2.23. The van der Waals surface area contributed by atoms with Gasteiger partial charge in [0.1, 0.15) is 0 Å². The maximum atomic E-state index is 9.42. The fraction of sp³-hybridized carbons (Fsp3) is 0.846. The predicted molar refractivity (Wildman–Crippen MR) is 64.3 cm³/mol. The molecule has 0 aromatic rings. The van der Waals surface area contributed by atoms with E-state index in [2.05, 4.69) is 17.5 Å². The van der Waals surface area contributed by atoms with Gasteiger partial charge in [-0.15, -0.1) is 0 Å². The fourth-order valence-electron chi connectivity index (χ4n) is 2.65. The summed E-state index contributed by atoms with van der Waals surface area (Å²) in [7, 11) is 0. The van der Waals surface area contributed by atoms with Gasteiger partial charge < -0.3 is 15.2 Å². The second-order valence-electron chi connectivity index (χ2n) is 4.88. The van der Waals surface area contributed by atoms with E-state index in [1.807, 2.05) is 0 Å². The summed E-state index contributed by atoms with van der Waals surface area (Å²) < 4.78 is 5.58. The van der Waals surface area contributed by atoms with Gasteiger partial charge in [0.15, 0.2) is 0 Å². The quantitative estimate of drug-likeness (QED) is 0.696. The molecule has 0 aromatic heterocycles. The van der Waals surface area contributed by atoms with Crippen molar-refractivity contribution in [3.8, 4) is 0 Å². The first-order valence-electron chi connectivity index (χ1n) is 6.51. The van der Waals surface area contributed by atoms with Crippen LogP contribution in [-0.4, -0.2) is 37.0 Å². The molecular weight excluding hydrogens is 202 g/mol. The van der Waals surface area contributed by atoms with E-state index in [0.29, 0.717) is 12.0 Å². The van der Waals surface area contributed by atoms with Gasteiger partial charge in [-0.25, -0.2) is 0 Å². The molecule has 0 amide bonds. The van der Waals surface area contributed by atoms with E-state index < -0.39 is 0 Å². The Hall–Kier alpha value is -0.380. The van der Waals surface area contributed by atoms with E-state index in [9.17, 15) is 5.11 Å². The van der Waals surface area contributed by atoms with Gasteiger partial charge >= 0.3 is 0 Å². The number of ether oxygens (including phenoxy) is 1. The normalized spacial score (nSPS) is 31.8. The highest BCUT2D eigenvalue weighted by molar-refractivity contribution is 4.94. The minimum atomic E-state index is 0.241. The molecule has 0 saturated carbocycles. The molecule has 1 heterocycles. The second kappa shape index (κ2) is 6.38. The summed E-state index contributed by atoms with van der Waals surface area (Å²) in [6, 6.07) is 0.245. The van der Waals surface area contributed by atoms with E-state index >= 15 is 0 Å². The molecule has 1 fully saturated rings. The van der Waals surface area contributed by atoms with Gasteiger partial charge in [-0.1, -0.05) is 12.2 Å². The largest absolute Gasteiger partial charge is 0.395 e. The molecule has 0 bridgehead atoms. The van der Waals surface area contributed by atoms with Gasteiger partial charge in [0.05, 0.1) is 12.7 Å². The maximum Gasteiger partial charge on any atom is 0.0700 e. The molecule has 0 spiro atoms. The van der Waals surface area contributed by atoms with E-state index in [4.69, 9.17) is 4.74 Å². The molecule has 1 aliphatic carbocycles. The molecule has 1 saturated heterocycles. The third-order valence-electron chi connectivity index (χ3n) is 3.71. The van der Waals surface area contributed by atoms with Crippen molar-refractivity contribution in [1.82, 2.24) is 5.32 Å². The third kappa shape index (κ3) is 3.30. The van der Waals surface area contributed by atoms with E-state index in [0.717, 1.165) is 32.4 Å². The monoisotopic (exact) mass is 225 g/mol. The Morgan fingerprint density at radius 2 is 2.31 bits per heavy atom. The van der Waals surface area contributed by atoms with Crippen molar-refractivity contribution in [2.45, 2.75) is 44.2 Å². The van der Waals surface area contributed by atoms with Gasteiger partial charge in [0, 0.05) is 19.2 Å². The Balaban J connectivity index is 1.73. The summed E-state index contributed by atoms with van der Waals surface area (Å²) in [6.45, 7) is 2.04. The molecule has 3 atom stereocenters. The second-order valence-corrected chi connectivity index (χ2v) is 4.88. The standard InChI is InChI=1S/C13H23NO2/c15-10-13(11-5-2-1-3-6-11)14-9-12-7-4-8-16-12/h1-2,11-15H,3-10H2. The van der Waals surface area contributed by atoms with Gasteiger partial charge in [0.2, 0.25) is 0 Å². The smallest absolute Gasteiger partial charge is 0.0700 e. The van der Waals surface area contributed by atoms with Crippen LogP contribution >= 0.6 is 0 Å². The Bertz CT molecular complexity index is 224. The lowest BCUT2D eigenvalue weighted by Gasteiger charge is -2.28. The molecular formula is C13H23NO2. The number of nitrogens with one attached hydrogen (secondary N) is 1. The van der Waals surface area contributed by atoms with Crippen LogP contribution in [0.4, 0.5) is 0 Å². The van der Waals surface area contributed by atoms with Crippen molar-refractivity contribution in [3.05, 3.63) is 12.2 Å². The van der Waals surface area contributed by atoms with Crippen molar-refractivity contribution in [2.75, 3.05) is 19.8 Å². The summed E-state index contributed by atoms with van der Waals surface area (Å²) in [4.78, 5) is 0. The van der Waals surface area contributed by atoms with Gasteiger partial charge in [-0.2, -0.15) is 0 Å². The molecule has 1 aliphatic heterocycles. The van der Waals surface area contributed by atoms with Crippen LogP contribution in [0.5, 0.6) is 0 Å². The lowest BCUT2D eigenvalue weighted by molar-refractivity contribution is 0.0975. The van der Waals surface area contributed by atoms with E-state index in [1.54, 1.807) is 0 Å². The Kier molecular flexibility index (Phi) is 4.82. The van der Waals surface area contributed by atoms with Crippen LogP contribution < -0.4 is 5.32 Å². The van der Waals surface area contributed by atoms with Gasteiger partial charge in [0.25, 0.3) is 0 Å². The molecule has 0 radical (unpaired) electrons. The van der Waals surface area contributed by atoms with Gasteiger partial charge in [-0.3, -0.25) is 0 Å². The minimum absolute atomic E-state index is 0.241. The highest BCUT2D eigenvalue weighted by Crippen LogP contribution is 2.22. The number of hydrogen-bond donors (Lipinski definition) is 2. The zero-order chi connectivity index (χ0) is 11.2. The summed E-state index contributed by atoms with van der Waals surface area (Å²) in [6.07, 6.45) is 10.6. The van der Waals surface area contributed by atoms with Crippen LogP contribution in [0.3, 0.4) is 0 Å². The Morgan fingerprint density at radius 1 is 1.38 bits per heavy atom. The Labute approximate surface area is 97.9 Å². The molecule has 92 valence electrons. The van der Waals surface area contributed by atoms with Gasteiger partial charge in [-0.05, 0) is 38.0 Å². The maximum absolute atomic E-state index is 9.42. The highest BCUT2D eigenvalue weighted by atomic mass is 16.5. The minimum Gasteiger partial charge on any atom is -0.395 e. The van der Waals surface area contributed by atoms with Crippen molar-refractivity contribution in [2.24, 2.45) is 5.92 Å². The van der Waals surface area contributed by atoms with Crippen LogP contribution in [0.1, 0.15) is 32.1 Å². The zero-order valence-electron chi connectivity index (χ0n) is 9.90. The topological polar surface area (TPSA) is 41.5 Å². The number of aliphatic hydroxyl groups is 1. The molecule has 2 rings (SSSR count). The van der Waals surface area contributed by atoms with E-state index in [-0.39, 0.29) is 12.6 Å². The summed E-state index contributed by atoms with van der Waals surface area (Å²) in [5.74, 6) is 0.594. The van der Waals surface area contributed by atoms with Crippen molar-refractivity contribution < 1.29 is 9.84 Å². The lowest BCUT2D eigenvalue weighted by atomic mass is 9.88. The molecule has 3 unspecified atom stereocenters. The molecule has 3 heteroatoms. The first-order chi connectivity index (χ1) is 7.90. The summed E-state index contributed by atoms with van der Waals surface area (Å²) in [5.41, 5.74) is 0. The molecule has 16 heavy (non-hydrogen) atoms. The third-order valence-corrected chi connectivity index (χ3v) is 3.71. The van der Waals surface area contributed by atoms with Crippen molar-refractivity contribution >= 4 is 0 Å². The average Bonchev–Trinajstić information content (AvgIpc) is 2.84. The predicted octanol–water partition coefficient (Wildman–Crippen LogP) is 1.47. The number of aliphatic hydroxyl groups excluding tert-OH is 1. The summed E-state index contributed by atoms with van der Waals surface area (Å²) >= 11 is 0. The molecule has 0 aromatic carbocycles. The van der Waals surface area contributed by atoms with Crippen molar-refractivity contribution in [1.29, 1.82) is 0 Å². The summed E-state index contributed by atoms with van der Waals surface area (Å²) in [5, 5.41) is 12.9. The first-order valence-corrected chi connectivity index (χ1v) is 6.51. The zero-order valence-corrected chi connectivity index (χ0v) is 9.90. The first kappa shape index (κ1) is 12.1. The van der Waals surface area contributed by atoms with Crippen molar-refractivity contribution in [3.63, 3.8) is 0 Å². The fourth-order valence-corrected chi connectivity index (χ4v) is 2.65. The van der Waals surface area contributed by atoms with Crippen LogP contribution in [0.2, 0.25) is 0 Å². The SMILES string of the molecule is OCC(NCC1CCCO1)C1CC=CCC1. The molecule has 2 N–H and O–H groups in total.